The van der Waals surface area contributed by atoms with E-state index in [1.54, 1.807) is 15.7 Å². The van der Waals surface area contributed by atoms with E-state index in [0.29, 0.717) is 36.4 Å². The lowest BCUT2D eigenvalue weighted by molar-refractivity contribution is -0.132. The van der Waals surface area contributed by atoms with Gasteiger partial charge in [0.2, 0.25) is 0 Å². The van der Waals surface area contributed by atoms with Crippen molar-refractivity contribution in [2.75, 3.05) is 19.7 Å². The molecule has 0 bridgehead atoms. The van der Waals surface area contributed by atoms with Crippen LogP contribution in [-0.4, -0.2) is 50.0 Å². The Kier molecular flexibility index (Phi) is 4.11. The van der Waals surface area contributed by atoms with Gasteiger partial charge in [0.1, 0.15) is 23.4 Å². The SMILES string of the molecule is O=C(COc1ccc(F)cc1)N1CCC(n2c(=O)[nH]c3cncnc32)C1. The van der Waals surface area contributed by atoms with Gasteiger partial charge in [0.15, 0.2) is 12.3 Å². The minimum atomic E-state index is -0.362. The zero-order valence-corrected chi connectivity index (χ0v) is 13.8. The molecule has 0 aliphatic carbocycles. The summed E-state index contributed by atoms with van der Waals surface area (Å²) >= 11 is 0. The summed E-state index contributed by atoms with van der Waals surface area (Å²) in [6.45, 7) is 0.798. The number of carbonyl (C=O) groups excluding carboxylic acids is 1. The predicted molar refractivity (Wildman–Crippen MR) is 90.3 cm³/mol. The molecule has 1 saturated heterocycles. The van der Waals surface area contributed by atoms with Crippen molar-refractivity contribution in [1.29, 1.82) is 0 Å². The van der Waals surface area contributed by atoms with E-state index >= 15 is 0 Å². The van der Waals surface area contributed by atoms with E-state index < -0.39 is 0 Å². The molecule has 0 saturated carbocycles. The molecule has 0 spiro atoms. The molecule has 1 aliphatic rings. The van der Waals surface area contributed by atoms with Gasteiger partial charge in [0.25, 0.3) is 5.91 Å². The summed E-state index contributed by atoms with van der Waals surface area (Å²) in [5, 5.41) is 0. The Labute approximate surface area is 147 Å². The number of hydrogen-bond acceptors (Lipinski definition) is 5. The first-order valence-corrected chi connectivity index (χ1v) is 8.18. The minimum Gasteiger partial charge on any atom is -0.484 e. The molecular formula is C17H16FN5O3. The van der Waals surface area contributed by atoms with E-state index in [0.717, 1.165) is 0 Å². The van der Waals surface area contributed by atoms with Crippen molar-refractivity contribution in [1.82, 2.24) is 24.4 Å². The van der Waals surface area contributed by atoms with Crippen molar-refractivity contribution in [2.24, 2.45) is 0 Å². The van der Waals surface area contributed by atoms with Gasteiger partial charge in [-0.2, -0.15) is 0 Å². The van der Waals surface area contributed by atoms with Crippen LogP contribution in [0.3, 0.4) is 0 Å². The zero-order chi connectivity index (χ0) is 18.1. The van der Waals surface area contributed by atoms with Crippen LogP contribution in [0.15, 0.2) is 41.6 Å². The maximum Gasteiger partial charge on any atom is 0.328 e. The van der Waals surface area contributed by atoms with Crippen molar-refractivity contribution < 1.29 is 13.9 Å². The predicted octanol–water partition coefficient (Wildman–Crippen LogP) is 1.11. The molecule has 1 fully saturated rings. The Bertz CT molecular complexity index is 998. The number of ether oxygens (including phenoxy) is 1. The van der Waals surface area contributed by atoms with Crippen LogP contribution in [0.2, 0.25) is 0 Å². The van der Waals surface area contributed by atoms with Gasteiger partial charge in [-0.25, -0.2) is 19.2 Å². The zero-order valence-electron chi connectivity index (χ0n) is 13.8. The highest BCUT2D eigenvalue weighted by Gasteiger charge is 2.30. The lowest BCUT2D eigenvalue weighted by Gasteiger charge is -2.17. The van der Waals surface area contributed by atoms with E-state index in [4.69, 9.17) is 4.74 Å². The number of H-pyrrole nitrogens is 1. The van der Waals surface area contributed by atoms with E-state index in [-0.39, 0.29) is 30.1 Å². The molecule has 1 amide bonds. The Hall–Kier alpha value is -3.23. The Morgan fingerprint density at radius 3 is 2.96 bits per heavy atom. The second-order valence-corrected chi connectivity index (χ2v) is 6.09. The number of imidazole rings is 1. The quantitative estimate of drug-likeness (QED) is 0.755. The first-order chi connectivity index (χ1) is 12.6. The van der Waals surface area contributed by atoms with Crippen LogP contribution in [0.4, 0.5) is 4.39 Å². The summed E-state index contributed by atoms with van der Waals surface area (Å²) in [6, 6.07) is 5.34. The first-order valence-electron chi connectivity index (χ1n) is 8.18. The average molecular weight is 357 g/mol. The van der Waals surface area contributed by atoms with Crippen LogP contribution in [0.1, 0.15) is 12.5 Å². The third kappa shape index (κ3) is 3.03. The molecule has 134 valence electrons. The molecular weight excluding hydrogens is 341 g/mol. The molecule has 3 aromatic rings. The van der Waals surface area contributed by atoms with Crippen LogP contribution in [0, 0.1) is 5.82 Å². The number of halogens is 1. The van der Waals surface area contributed by atoms with Crippen molar-refractivity contribution in [2.45, 2.75) is 12.5 Å². The van der Waals surface area contributed by atoms with Crippen molar-refractivity contribution in [3.63, 3.8) is 0 Å². The highest BCUT2D eigenvalue weighted by Crippen LogP contribution is 2.23. The lowest BCUT2D eigenvalue weighted by Crippen LogP contribution is -2.34. The second-order valence-electron chi connectivity index (χ2n) is 6.09. The number of nitrogens with zero attached hydrogens (tertiary/aromatic N) is 4. The van der Waals surface area contributed by atoms with Gasteiger partial charge in [0.05, 0.1) is 12.2 Å². The van der Waals surface area contributed by atoms with Crippen molar-refractivity contribution in [3.05, 3.63) is 53.1 Å². The van der Waals surface area contributed by atoms with Crippen LogP contribution in [-0.2, 0) is 4.79 Å². The summed E-state index contributed by atoms with van der Waals surface area (Å²) in [5.74, 6) is -0.113. The number of fused-ring (bicyclic) bond motifs is 1. The van der Waals surface area contributed by atoms with Gasteiger partial charge >= 0.3 is 5.69 Å². The maximum atomic E-state index is 12.9. The number of aromatic nitrogens is 4. The Balaban J connectivity index is 1.43. The number of likely N-dealkylation sites (tertiary alicyclic amines) is 1. The molecule has 0 radical (unpaired) electrons. The molecule has 4 rings (SSSR count). The van der Waals surface area contributed by atoms with Gasteiger partial charge in [0, 0.05) is 13.1 Å². The fraction of sp³-hybridized carbons (Fsp3) is 0.294. The smallest absolute Gasteiger partial charge is 0.328 e. The molecule has 3 heterocycles. The molecule has 1 N–H and O–H groups in total. The molecule has 1 atom stereocenters. The standard InChI is InChI=1S/C17H16FN5O3/c18-11-1-3-13(4-2-11)26-9-15(24)22-6-5-12(8-22)23-16-14(21-17(23)25)7-19-10-20-16/h1-4,7,10,12H,5-6,8-9H2,(H,21,25). The van der Waals surface area contributed by atoms with E-state index in [1.807, 2.05) is 0 Å². The maximum absolute atomic E-state index is 12.9. The second kappa shape index (κ2) is 6.58. The number of hydrogen-bond donors (Lipinski definition) is 1. The highest BCUT2D eigenvalue weighted by molar-refractivity contribution is 5.78. The molecule has 1 unspecified atom stereocenters. The molecule has 26 heavy (non-hydrogen) atoms. The number of rotatable bonds is 4. The minimum absolute atomic E-state index is 0.136. The monoisotopic (exact) mass is 357 g/mol. The molecule has 1 aliphatic heterocycles. The van der Waals surface area contributed by atoms with Gasteiger partial charge in [-0.05, 0) is 30.7 Å². The summed E-state index contributed by atoms with van der Waals surface area (Å²) in [5.41, 5.74) is 0.844. The fourth-order valence-corrected chi connectivity index (χ4v) is 3.16. The lowest BCUT2D eigenvalue weighted by atomic mass is 10.2. The van der Waals surface area contributed by atoms with Crippen LogP contribution in [0.5, 0.6) is 5.75 Å². The third-order valence-corrected chi connectivity index (χ3v) is 4.44. The van der Waals surface area contributed by atoms with Gasteiger partial charge in [-0.3, -0.25) is 9.36 Å². The van der Waals surface area contributed by atoms with Gasteiger partial charge in [-0.1, -0.05) is 0 Å². The average Bonchev–Trinajstić information content (AvgIpc) is 3.24. The van der Waals surface area contributed by atoms with E-state index in [9.17, 15) is 14.0 Å². The summed E-state index contributed by atoms with van der Waals surface area (Å²) in [6.07, 6.45) is 3.59. The first kappa shape index (κ1) is 16.2. The Morgan fingerprint density at radius 1 is 1.35 bits per heavy atom. The number of aromatic amines is 1. The van der Waals surface area contributed by atoms with Crippen LogP contribution in [0.25, 0.3) is 11.2 Å². The largest absolute Gasteiger partial charge is 0.484 e. The summed E-state index contributed by atoms with van der Waals surface area (Å²) in [7, 11) is 0. The number of benzene rings is 1. The van der Waals surface area contributed by atoms with Crippen molar-refractivity contribution in [3.8, 4) is 5.75 Å². The van der Waals surface area contributed by atoms with Crippen LogP contribution < -0.4 is 10.4 Å². The van der Waals surface area contributed by atoms with E-state index in [1.165, 1.54) is 30.6 Å². The molecule has 9 heteroatoms. The molecule has 2 aromatic heterocycles. The number of nitrogens with one attached hydrogen (secondary N) is 1. The summed E-state index contributed by atoms with van der Waals surface area (Å²) in [4.78, 5) is 37.0. The highest BCUT2D eigenvalue weighted by atomic mass is 19.1. The summed E-state index contributed by atoms with van der Waals surface area (Å²) < 4.78 is 19.9. The fourth-order valence-electron chi connectivity index (χ4n) is 3.16. The van der Waals surface area contributed by atoms with Gasteiger partial charge in [-0.15, -0.1) is 0 Å². The third-order valence-electron chi connectivity index (χ3n) is 4.44. The Morgan fingerprint density at radius 2 is 2.15 bits per heavy atom. The van der Waals surface area contributed by atoms with Crippen molar-refractivity contribution >= 4 is 17.1 Å². The molecule has 1 aromatic carbocycles. The topological polar surface area (TPSA) is 93.1 Å². The van der Waals surface area contributed by atoms with E-state index in [2.05, 4.69) is 15.0 Å². The number of amides is 1. The van der Waals surface area contributed by atoms with Crippen LogP contribution >= 0.6 is 0 Å². The normalized spacial score (nSPS) is 17.0. The molecule has 8 nitrogen and oxygen atoms in total. The number of carbonyl (C=O) groups is 1. The van der Waals surface area contributed by atoms with Gasteiger partial charge < -0.3 is 14.6 Å².